The third-order valence-electron chi connectivity index (χ3n) is 1.54. The molecule has 0 aliphatic rings. The van der Waals surface area contributed by atoms with Gasteiger partial charge in [0.2, 0.25) is 0 Å². The van der Waals surface area contributed by atoms with Crippen molar-refractivity contribution in [2.45, 2.75) is 26.3 Å². The highest BCUT2D eigenvalue weighted by Gasteiger charge is 2.11. The normalized spacial score (nSPS) is 12.8. The number of aliphatic hydroxyl groups is 1. The largest absolute Gasteiger partial charge is 0.394 e. The van der Waals surface area contributed by atoms with Gasteiger partial charge in [-0.1, -0.05) is 13.8 Å². The topological polar surface area (TPSA) is 61.4 Å². The Morgan fingerprint density at radius 1 is 1.50 bits per heavy atom. The predicted molar refractivity (Wildman–Crippen MR) is 47.9 cm³/mol. The first-order valence-electron chi connectivity index (χ1n) is 4.19. The second-order valence-electron chi connectivity index (χ2n) is 3.23. The Balaban J connectivity index is 3.74. The number of rotatable bonds is 4. The summed E-state index contributed by atoms with van der Waals surface area (Å²) in [7, 11) is 1.55. The Bertz CT molecular complexity index is 137. The number of nitrogens with one attached hydrogen (secondary N) is 2. The van der Waals surface area contributed by atoms with Crippen LogP contribution in [0.4, 0.5) is 4.79 Å². The average Bonchev–Trinajstić information content (AvgIpc) is 2.02. The molecule has 2 amide bonds. The van der Waals surface area contributed by atoms with E-state index < -0.39 is 0 Å². The fraction of sp³-hybridized carbons (Fsp3) is 0.875. The van der Waals surface area contributed by atoms with Crippen molar-refractivity contribution in [1.29, 1.82) is 0 Å². The second-order valence-corrected chi connectivity index (χ2v) is 3.23. The van der Waals surface area contributed by atoms with Crippen LogP contribution >= 0.6 is 0 Å². The molecule has 1 unspecified atom stereocenters. The first kappa shape index (κ1) is 11.2. The molecule has 0 aromatic rings. The van der Waals surface area contributed by atoms with Gasteiger partial charge in [-0.25, -0.2) is 4.79 Å². The van der Waals surface area contributed by atoms with Crippen molar-refractivity contribution in [3.05, 3.63) is 0 Å². The Morgan fingerprint density at radius 3 is 2.42 bits per heavy atom. The third-order valence-corrected chi connectivity index (χ3v) is 1.54. The van der Waals surface area contributed by atoms with Gasteiger partial charge in [-0.3, -0.25) is 0 Å². The number of urea groups is 1. The molecule has 4 heteroatoms. The van der Waals surface area contributed by atoms with Crippen LogP contribution in [0.15, 0.2) is 0 Å². The maximum atomic E-state index is 10.8. The van der Waals surface area contributed by atoms with E-state index in [1.165, 1.54) is 0 Å². The summed E-state index contributed by atoms with van der Waals surface area (Å²) in [6.45, 7) is 4.09. The molecule has 0 heterocycles. The highest BCUT2D eigenvalue weighted by molar-refractivity contribution is 5.73. The summed E-state index contributed by atoms with van der Waals surface area (Å²) in [5.74, 6) is 0.472. The van der Waals surface area contributed by atoms with Crippen LogP contribution in [0.25, 0.3) is 0 Å². The summed E-state index contributed by atoms with van der Waals surface area (Å²) in [4.78, 5) is 10.8. The van der Waals surface area contributed by atoms with Gasteiger partial charge in [0.05, 0.1) is 12.6 Å². The van der Waals surface area contributed by atoms with Crippen molar-refractivity contribution in [2.24, 2.45) is 5.92 Å². The molecule has 12 heavy (non-hydrogen) atoms. The minimum absolute atomic E-state index is 0.00833. The van der Waals surface area contributed by atoms with Crippen molar-refractivity contribution in [1.82, 2.24) is 10.6 Å². The summed E-state index contributed by atoms with van der Waals surface area (Å²) < 4.78 is 0. The standard InChI is InChI=1S/C8H18N2O2/c1-6(2)4-7(5-11)10-8(12)9-3/h6-7,11H,4-5H2,1-3H3,(H2,9,10,12). The molecule has 0 saturated heterocycles. The van der Waals surface area contributed by atoms with E-state index in [0.29, 0.717) is 5.92 Å². The van der Waals surface area contributed by atoms with Crippen LogP contribution in [-0.2, 0) is 0 Å². The molecule has 0 bridgehead atoms. The highest BCUT2D eigenvalue weighted by Crippen LogP contribution is 2.03. The smallest absolute Gasteiger partial charge is 0.314 e. The SMILES string of the molecule is CNC(=O)NC(CO)CC(C)C. The molecule has 0 aromatic carbocycles. The third kappa shape index (κ3) is 4.96. The van der Waals surface area contributed by atoms with Crippen LogP contribution in [-0.4, -0.2) is 30.8 Å². The zero-order valence-electron chi connectivity index (χ0n) is 7.92. The molecule has 0 saturated carbocycles. The van der Waals surface area contributed by atoms with Crippen molar-refractivity contribution < 1.29 is 9.90 Å². The summed E-state index contributed by atoms with van der Waals surface area (Å²) in [5.41, 5.74) is 0. The van der Waals surface area contributed by atoms with Crippen LogP contribution in [0.2, 0.25) is 0 Å². The molecular weight excluding hydrogens is 156 g/mol. The average molecular weight is 174 g/mol. The Labute approximate surface area is 73.3 Å². The first-order chi connectivity index (χ1) is 5.60. The molecule has 72 valence electrons. The van der Waals surface area contributed by atoms with Gasteiger partial charge in [-0.15, -0.1) is 0 Å². The first-order valence-corrected chi connectivity index (χ1v) is 4.19. The van der Waals surface area contributed by atoms with E-state index in [0.717, 1.165) is 6.42 Å². The molecular formula is C8H18N2O2. The monoisotopic (exact) mass is 174 g/mol. The van der Waals surface area contributed by atoms with Crippen LogP contribution in [0.5, 0.6) is 0 Å². The van der Waals surface area contributed by atoms with Gasteiger partial charge in [0.25, 0.3) is 0 Å². The molecule has 0 radical (unpaired) electrons. The molecule has 0 fully saturated rings. The summed E-state index contributed by atoms with van der Waals surface area (Å²) in [6, 6.07) is -0.375. The lowest BCUT2D eigenvalue weighted by molar-refractivity contribution is 0.208. The van der Waals surface area contributed by atoms with E-state index in [1.54, 1.807) is 7.05 Å². The number of carbonyl (C=O) groups excluding carboxylic acids is 1. The Kier molecular flexibility index (Phi) is 5.45. The molecule has 0 aliphatic carbocycles. The lowest BCUT2D eigenvalue weighted by Gasteiger charge is -2.17. The number of aliphatic hydroxyl groups excluding tert-OH is 1. The van der Waals surface area contributed by atoms with E-state index in [9.17, 15) is 4.79 Å². The fourth-order valence-corrected chi connectivity index (χ4v) is 1.01. The van der Waals surface area contributed by atoms with E-state index >= 15 is 0 Å². The highest BCUT2D eigenvalue weighted by atomic mass is 16.3. The van der Waals surface area contributed by atoms with E-state index in [4.69, 9.17) is 5.11 Å². The zero-order chi connectivity index (χ0) is 9.56. The van der Waals surface area contributed by atoms with Crippen LogP contribution in [0.3, 0.4) is 0 Å². The quantitative estimate of drug-likeness (QED) is 0.575. The lowest BCUT2D eigenvalue weighted by Crippen LogP contribution is -2.43. The molecule has 0 aliphatic heterocycles. The Morgan fingerprint density at radius 2 is 2.08 bits per heavy atom. The number of hydrogen-bond donors (Lipinski definition) is 3. The number of amides is 2. The van der Waals surface area contributed by atoms with Crippen molar-refractivity contribution in [3.63, 3.8) is 0 Å². The van der Waals surface area contributed by atoms with Crippen LogP contribution in [0, 0.1) is 5.92 Å². The van der Waals surface area contributed by atoms with Crippen LogP contribution < -0.4 is 10.6 Å². The van der Waals surface area contributed by atoms with Crippen molar-refractivity contribution in [3.8, 4) is 0 Å². The Hall–Kier alpha value is -0.770. The molecule has 4 nitrogen and oxygen atoms in total. The van der Waals surface area contributed by atoms with Gasteiger partial charge in [-0.2, -0.15) is 0 Å². The summed E-state index contributed by atoms with van der Waals surface area (Å²) in [5, 5.41) is 14.0. The van der Waals surface area contributed by atoms with E-state index in [2.05, 4.69) is 10.6 Å². The van der Waals surface area contributed by atoms with Gasteiger partial charge in [0.15, 0.2) is 0 Å². The van der Waals surface area contributed by atoms with Gasteiger partial charge in [0, 0.05) is 7.05 Å². The molecule has 1 atom stereocenters. The van der Waals surface area contributed by atoms with Gasteiger partial charge in [-0.05, 0) is 12.3 Å². The lowest BCUT2D eigenvalue weighted by atomic mass is 10.0. The van der Waals surface area contributed by atoms with Crippen molar-refractivity contribution >= 4 is 6.03 Å². The molecule has 0 spiro atoms. The molecule has 0 aromatic heterocycles. The molecule has 3 N–H and O–H groups in total. The summed E-state index contributed by atoms with van der Waals surface area (Å²) >= 11 is 0. The summed E-state index contributed by atoms with van der Waals surface area (Å²) in [6.07, 6.45) is 0.796. The predicted octanol–water partition coefficient (Wildman–Crippen LogP) is 0.322. The van der Waals surface area contributed by atoms with Crippen molar-refractivity contribution in [2.75, 3.05) is 13.7 Å². The fourth-order valence-electron chi connectivity index (χ4n) is 1.01. The maximum absolute atomic E-state index is 10.8. The van der Waals surface area contributed by atoms with Gasteiger partial charge < -0.3 is 15.7 Å². The molecule has 0 rings (SSSR count). The number of hydrogen-bond acceptors (Lipinski definition) is 2. The number of carbonyl (C=O) groups is 1. The zero-order valence-corrected chi connectivity index (χ0v) is 7.92. The minimum atomic E-state index is -0.241. The van der Waals surface area contributed by atoms with Gasteiger partial charge >= 0.3 is 6.03 Å². The van der Waals surface area contributed by atoms with E-state index in [-0.39, 0.29) is 18.7 Å². The maximum Gasteiger partial charge on any atom is 0.314 e. The van der Waals surface area contributed by atoms with Gasteiger partial charge in [0.1, 0.15) is 0 Å². The minimum Gasteiger partial charge on any atom is -0.394 e. The van der Waals surface area contributed by atoms with Crippen LogP contribution in [0.1, 0.15) is 20.3 Å². The second kappa shape index (κ2) is 5.83. The van der Waals surface area contributed by atoms with E-state index in [1.807, 2.05) is 13.8 Å².